The van der Waals surface area contributed by atoms with Crippen molar-refractivity contribution >= 4 is 33.4 Å². The lowest BCUT2D eigenvalue weighted by molar-refractivity contribution is -0.140. The van der Waals surface area contributed by atoms with Gasteiger partial charge in [0, 0.05) is 32.2 Å². The Morgan fingerprint density at radius 1 is 1.24 bits per heavy atom. The third-order valence-electron chi connectivity index (χ3n) is 6.04. The molecule has 2 N–H and O–H groups in total. The van der Waals surface area contributed by atoms with Gasteiger partial charge in [0.15, 0.2) is 11.5 Å². The van der Waals surface area contributed by atoms with Crippen LogP contribution in [0.4, 0.5) is 0 Å². The predicted octanol–water partition coefficient (Wildman–Crippen LogP) is 3.94. The number of aliphatic hydroxyl groups excluding tert-OH is 1. The fourth-order valence-electron chi connectivity index (χ4n) is 4.47. The van der Waals surface area contributed by atoms with Gasteiger partial charge in [-0.15, -0.1) is 0 Å². The van der Waals surface area contributed by atoms with E-state index in [0.29, 0.717) is 35.0 Å². The standard InChI is InChI=1S/C25H26BrNO7/c1-13-9-15-10-14(5-6-18(15)34-13)22(28)20-21(16-11-17(26)23(29)19(12-16)33-3)27(7-4-8-32-2)25(31)24(20)30/h5-6,10-13,21,28-29H,4,7-9H2,1-3H3/b22-20-. The first-order valence-electron chi connectivity index (χ1n) is 10.9. The van der Waals surface area contributed by atoms with E-state index in [0.717, 1.165) is 11.3 Å². The monoisotopic (exact) mass is 531 g/mol. The molecule has 2 aromatic carbocycles. The number of halogens is 1. The molecule has 1 saturated heterocycles. The highest BCUT2D eigenvalue weighted by Gasteiger charge is 2.46. The van der Waals surface area contributed by atoms with Crippen molar-refractivity contribution in [1.82, 2.24) is 4.90 Å². The Balaban J connectivity index is 1.86. The summed E-state index contributed by atoms with van der Waals surface area (Å²) in [4.78, 5) is 27.6. The summed E-state index contributed by atoms with van der Waals surface area (Å²) < 4.78 is 16.5. The van der Waals surface area contributed by atoms with Crippen LogP contribution < -0.4 is 9.47 Å². The summed E-state index contributed by atoms with van der Waals surface area (Å²) in [6.45, 7) is 2.61. The molecule has 2 aromatic rings. The van der Waals surface area contributed by atoms with Crippen LogP contribution in [0.15, 0.2) is 40.4 Å². The van der Waals surface area contributed by atoms with E-state index in [1.54, 1.807) is 37.4 Å². The Labute approximate surface area is 205 Å². The number of fused-ring (bicyclic) bond motifs is 1. The van der Waals surface area contributed by atoms with Crippen LogP contribution in [0.25, 0.3) is 5.76 Å². The van der Waals surface area contributed by atoms with Crippen LogP contribution in [0.2, 0.25) is 0 Å². The van der Waals surface area contributed by atoms with Gasteiger partial charge in [0.1, 0.15) is 17.6 Å². The van der Waals surface area contributed by atoms with Crippen molar-refractivity contribution in [3.05, 3.63) is 57.1 Å². The Hall–Kier alpha value is -3.04. The molecule has 9 heteroatoms. The van der Waals surface area contributed by atoms with E-state index < -0.39 is 17.7 Å². The number of aromatic hydroxyl groups is 1. The van der Waals surface area contributed by atoms with Gasteiger partial charge in [-0.2, -0.15) is 0 Å². The zero-order valence-electron chi connectivity index (χ0n) is 19.1. The van der Waals surface area contributed by atoms with Crippen LogP contribution in [0.5, 0.6) is 17.2 Å². The van der Waals surface area contributed by atoms with E-state index in [4.69, 9.17) is 14.2 Å². The molecule has 2 aliphatic rings. The van der Waals surface area contributed by atoms with Crippen LogP contribution in [0.1, 0.15) is 36.1 Å². The molecule has 2 atom stereocenters. The van der Waals surface area contributed by atoms with Gasteiger partial charge in [0.2, 0.25) is 0 Å². The largest absolute Gasteiger partial charge is 0.507 e. The summed E-state index contributed by atoms with van der Waals surface area (Å²) >= 11 is 3.31. The van der Waals surface area contributed by atoms with Crippen molar-refractivity contribution in [1.29, 1.82) is 0 Å². The van der Waals surface area contributed by atoms with E-state index in [2.05, 4.69) is 15.9 Å². The van der Waals surface area contributed by atoms with Gasteiger partial charge < -0.3 is 29.3 Å². The molecule has 0 bridgehead atoms. The van der Waals surface area contributed by atoms with Crippen molar-refractivity contribution in [3.8, 4) is 17.2 Å². The van der Waals surface area contributed by atoms with Crippen molar-refractivity contribution < 1.29 is 34.0 Å². The summed E-state index contributed by atoms with van der Waals surface area (Å²) in [6.07, 6.45) is 1.22. The minimum atomic E-state index is -0.869. The molecular formula is C25H26BrNO7. The summed E-state index contributed by atoms with van der Waals surface area (Å²) in [6, 6.07) is 7.53. The number of hydrogen-bond acceptors (Lipinski definition) is 7. The molecule has 0 spiro atoms. The quantitative estimate of drug-likeness (QED) is 0.241. The fraction of sp³-hybridized carbons (Fsp3) is 0.360. The van der Waals surface area contributed by atoms with E-state index in [1.165, 1.54) is 12.0 Å². The van der Waals surface area contributed by atoms with E-state index in [-0.39, 0.29) is 35.5 Å². The van der Waals surface area contributed by atoms with Crippen LogP contribution in [0.3, 0.4) is 0 Å². The second-order valence-electron chi connectivity index (χ2n) is 8.35. The number of ketones is 1. The van der Waals surface area contributed by atoms with Crippen LogP contribution in [-0.4, -0.2) is 60.3 Å². The molecule has 8 nitrogen and oxygen atoms in total. The zero-order chi connectivity index (χ0) is 24.6. The van der Waals surface area contributed by atoms with Gasteiger partial charge >= 0.3 is 0 Å². The van der Waals surface area contributed by atoms with Gasteiger partial charge in [-0.25, -0.2) is 0 Å². The second kappa shape index (κ2) is 9.68. The van der Waals surface area contributed by atoms with Gasteiger partial charge in [-0.3, -0.25) is 9.59 Å². The highest BCUT2D eigenvalue weighted by Crippen LogP contribution is 2.44. The molecule has 4 rings (SSSR count). The third-order valence-corrected chi connectivity index (χ3v) is 6.65. The molecule has 2 aliphatic heterocycles. The molecule has 1 amide bonds. The molecule has 0 saturated carbocycles. The first-order valence-corrected chi connectivity index (χ1v) is 11.7. The lowest BCUT2D eigenvalue weighted by atomic mass is 9.94. The van der Waals surface area contributed by atoms with Gasteiger partial charge in [0.05, 0.1) is 23.2 Å². The maximum absolute atomic E-state index is 13.2. The number of hydrogen-bond donors (Lipinski definition) is 2. The number of amides is 1. The number of rotatable bonds is 7. The Bertz CT molecular complexity index is 1180. The highest BCUT2D eigenvalue weighted by molar-refractivity contribution is 9.10. The minimum Gasteiger partial charge on any atom is -0.507 e. The van der Waals surface area contributed by atoms with Crippen molar-refractivity contribution in [2.45, 2.75) is 31.9 Å². The van der Waals surface area contributed by atoms with Crippen LogP contribution >= 0.6 is 15.9 Å². The number of carbonyl (C=O) groups is 2. The Morgan fingerprint density at radius 3 is 2.71 bits per heavy atom. The number of ether oxygens (including phenoxy) is 3. The summed E-state index contributed by atoms with van der Waals surface area (Å²) in [5.74, 6) is -0.918. The molecule has 0 aromatic heterocycles. The number of likely N-dealkylation sites (tertiary alicyclic amines) is 1. The Kier molecular flexibility index (Phi) is 6.86. The number of methoxy groups -OCH3 is 2. The molecule has 0 aliphatic carbocycles. The SMILES string of the molecule is COCCCN1C(=O)C(=O)/C(=C(\O)c2ccc3c(c2)CC(C)O3)C1c1cc(Br)c(O)c(OC)c1. The average Bonchev–Trinajstić information content (AvgIpc) is 3.31. The molecule has 0 radical (unpaired) electrons. The number of phenols is 1. The first-order chi connectivity index (χ1) is 16.3. The number of nitrogens with zero attached hydrogens (tertiary/aromatic N) is 1. The number of benzene rings is 2. The average molecular weight is 532 g/mol. The maximum atomic E-state index is 13.2. The fourth-order valence-corrected chi connectivity index (χ4v) is 4.93. The van der Waals surface area contributed by atoms with Gasteiger partial charge in [-0.05, 0) is 70.7 Å². The summed E-state index contributed by atoms with van der Waals surface area (Å²) in [7, 11) is 2.97. The Morgan fingerprint density at radius 2 is 2.00 bits per heavy atom. The predicted molar refractivity (Wildman–Crippen MR) is 128 cm³/mol. The third kappa shape index (κ3) is 4.25. The number of Topliss-reactive ketones (excluding diaryl/α,β-unsaturated/α-hetero) is 1. The van der Waals surface area contributed by atoms with Crippen LogP contribution in [-0.2, 0) is 20.7 Å². The molecule has 1 fully saturated rings. The summed E-state index contributed by atoms with van der Waals surface area (Å²) in [5, 5.41) is 21.6. The number of phenolic OH excluding ortho intramolecular Hbond substituents is 1. The second-order valence-corrected chi connectivity index (χ2v) is 9.20. The van der Waals surface area contributed by atoms with Gasteiger partial charge in [0.25, 0.3) is 11.7 Å². The van der Waals surface area contributed by atoms with Crippen LogP contribution in [0, 0.1) is 0 Å². The van der Waals surface area contributed by atoms with Crippen molar-refractivity contribution in [3.63, 3.8) is 0 Å². The lowest BCUT2D eigenvalue weighted by Gasteiger charge is -2.26. The molecular weight excluding hydrogens is 506 g/mol. The highest BCUT2D eigenvalue weighted by atomic mass is 79.9. The normalized spacial score (nSPS) is 21.0. The number of carbonyl (C=O) groups excluding carboxylic acids is 2. The van der Waals surface area contributed by atoms with E-state index in [9.17, 15) is 19.8 Å². The zero-order valence-corrected chi connectivity index (χ0v) is 20.7. The van der Waals surface area contributed by atoms with E-state index >= 15 is 0 Å². The first kappa shape index (κ1) is 24.1. The molecule has 2 heterocycles. The minimum absolute atomic E-state index is 0.0195. The smallest absolute Gasteiger partial charge is 0.295 e. The van der Waals surface area contributed by atoms with Gasteiger partial charge in [-0.1, -0.05) is 0 Å². The molecule has 180 valence electrons. The van der Waals surface area contributed by atoms with Crippen molar-refractivity contribution in [2.75, 3.05) is 27.4 Å². The topological polar surface area (TPSA) is 106 Å². The molecule has 2 unspecified atom stereocenters. The maximum Gasteiger partial charge on any atom is 0.295 e. The number of aliphatic hydroxyl groups is 1. The lowest BCUT2D eigenvalue weighted by Crippen LogP contribution is -2.31. The summed E-state index contributed by atoms with van der Waals surface area (Å²) in [5.41, 5.74) is 1.85. The molecule has 34 heavy (non-hydrogen) atoms. The van der Waals surface area contributed by atoms with Crippen molar-refractivity contribution in [2.24, 2.45) is 0 Å². The van der Waals surface area contributed by atoms with E-state index in [1.807, 2.05) is 6.92 Å².